The average molecular weight is 285 g/mol. The minimum Gasteiger partial charge on any atom is -0.344 e. The van der Waals surface area contributed by atoms with Crippen molar-refractivity contribution in [3.8, 4) is 0 Å². The lowest BCUT2D eigenvalue weighted by molar-refractivity contribution is -0.231. The van der Waals surface area contributed by atoms with Crippen molar-refractivity contribution in [3.63, 3.8) is 0 Å². The van der Waals surface area contributed by atoms with Gasteiger partial charge in [0.25, 0.3) is 0 Å². The molecule has 8 nitrogen and oxygen atoms in total. The third-order valence-electron chi connectivity index (χ3n) is 3.58. The molecule has 0 aromatic rings. The van der Waals surface area contributed by atoms with Gasteiger partial charge in [0.2, 0.25) is 0 Å². The fourth-order valence-electron chi connectivity index (χ4n) is 2.96. The lowest BCUT2D eigenvalue weighted by Gasteiger charge is -2.36. The summed E-state index contributed by atoms with van der Waals surface area (Å²) in [5, 5.41) is 3.58. The quantitative estimate of drug-likeness (QED) is 0.437. The van der Waals surface area contributed by atoms with Crippen molar-refractivity contribution in [1.29, 1.82) is 0 Å². The Bertz CT molecular complexity index is 448. The van der Waals surface area contributed by atoms with Gasteiger partial charge >= 0.3 is 0 Å². The second kappa shape index (κ2) is 4.56. The van der Waals surface area contributed by atoms with Crippen molar-refractivity contribution in [2.45, 2.75) is 70.0 Å². The maximum absolute atomic E-state index is 8.49. The second-order valence-electron chi connectivity index (χ2n) is 6.12. The summed E-state index contributed by atoms with van der Waals surface area (Å²) >= 11 is 0. The predicted molar refractivity (Wildman–Crippen MR) is 66.5 cm³/mol. The van der Waals surface area contributed by atoms with E-state index in [4.69, 9.17) is 29.2 Å². The van der Waals surface area contributed by atoms with Crippen LogP contribution >= 0.6 is 0 Å². The standard InChI is InChI=1S/C12H19N3O5/c1-11(2)17-7-6(5-14-15-13)16-10-9(8(7)18-11)19-12(3,4)20-10/h6-10H,5H2,1-4H3/t6-,7-,8-,9+,10+/m0/s1. The summed E-state index contributed by atoms with van der Waals surface area (Å²) in [6.07, 6.45) is -1.93. The Labute approximate surface area is 116 Å². The topological polar surface area (TPSA) is 94.9 Å². The molecule has 0 N–H and O–H groups in total. The maximum atomic E-state index is 8.49. The smallest absolute Gasteiger partial charge is 0.190 e. The fourth-order valence-corrected chi connectivity index (χ4v) is 2.96. The lowest BCUT2D eigenvalue weighted by atomic mass is 9.99. The minimum atomic E-state index is -0.733. The second-order valence-corrected chi connectivity index (χ2v) is 6.12. The van der Waals surface area contributed by atoms with Crippen LogP contribution in [0, 0.1) is 0 Å². The largest absolute Gasteiger partial charge is 0.344 e. The molecule has 112 valence electrons. The van der Waals surface area contributed by atoms with Gasteiger partial charge in [-0.1, -0.05) is 5.11 Å². The molecule has 3 aliphatic rings. The molecule has 0 amide bonds. The van der Waals surface area contributed by atoms with Crippen LogP contribution in [0.25, 0.3) is 10.4 Å². The molecule has 8 heteroatoms. The van der Waals surface area contributed by atoms with Gasteiger partial charge in [0.05, 0.1) is 12.6 Å². The highest BCUT2D eigenvalue weighted by Gasteiger charge is 2.60. The van der Waals surface area contributed by atoms with Crippen molar-refractivity contribution < 1.29 is 23.7 Å². The van der Waals surface area contributed by atoms with E-state index >= 15 is 0 Å². The third kappa shape index (κ3) is 2.39. The zero-order valence-corrected chi connectivity index (χ0v) is 12.0. The number of azide groups is 1. The Kier molecular flexibility index (Phi) is 3.20. The third-order valence-corrected chi connectivity index (χ3v) is 3.58. The molecular weight excluding hydrogens is 266 g/mol. The lowest BCUT2D eigenvalue weighted by Crippen LogP contribution is -2.55. The monoisotopic (exact) mass is 285 g/mol. The molecule has 20 heavy (non-hydrogen) atoms. The predicted octanol–water partition coefficient (Wildman–Crippen LogP) is 1.69. The summed E-state index contributed by atoms with van der Waals surface area (Å²) in [7, 11) is 0. The van der Waals surface area contributed by atoms with E-state index in [2.05, 4.69) is 10.0 Å². The molecule has 0 spiro atoms. The fraction of sp³-hybridized carbons (Fsp3) is 1.00. The number of rotatable bonds is 2. The van der Waals surface area contributed by atoms with E-state index in [-0.39, 0.29) is 24.9 Å². The normalized spacial score (nSPS) is 44.5. The molecule has 5 atom stereocenters. The molecule has 0 radical (unpaired) electrons. The highest BCUT2D eigenvalue weighted by Crippen LogP contribution is 2.44. The average Bonchev–Trinajstić information content (AvgIpc) is 2.80. The molecule has 3 aliphatic heterocycles. The number of nitrogens with zero attached hydrogens (tertiary/aromatic N) is 3. The van der Waals surface area contributed by atoms with Crippen LogP contribution in [0.1, 0.15) is 27.7 Å². The molecule has 3 fully saturated rings. The number of fused-ring (bicyclic) bond motifs is 3. The highest BCUT2D eigenvalue weighted by atomic mass is 16.9. The van der Waals surface area contributed by atoms with E-state index in [0.717, 1.165) is 0 Å². The minimum absolute atomic E-state index is 0.171. The Balaban J connectivity index is 1.85. The van der Waals surface area contributed by atoms with Crippen molar-refractivity contribution in [2.75, 3.05) is 6.54 Å². The SMILES string of the molecule is CC1(C)O[C@H]2[C@@H](O1)[C@H](CN=[N+]=[N-])O[C@@H]1OC(C)(C)O[C@@H]12. The van der Waals surface area contributed by atoms with Gasteiger partial charge in [0, 0.05) is 4.91 Å². The van der Waals surface area contributed by atoms with E-state index < -0.39 is 24.0 Å². The van der Waals surface area contributed by atoms with Crippen LogP contribution in [0.4, 0.5) is 0 Å². The van der Waals surface area contributed by atoms with Crippen LogP contribution in [0.2, 0.25) is 0 Å². The first kappa shape index (κ1) is 14.1. The van der Waals surface area contributed by atoms with Gasteiger partial charge in [-0.2, -0.15) is 0 Å². The molecule has 3 rings (SSSR count). The number of hydrogen-bond donors (Lipinski definition) is 0. The molecule has 0 unspecified atom stereocenters. The van der Waals surface area contributed by atoms with Crippen LogP contribution in [0.15, 0.2) is 5.11 Å². The van der Waals surface area contributed by atoms with Gasteiger partial charge in [-0.05, 0) is 33.2 Å². The Morgan fingerprint density at radius 1 is 0.950 bits per heavy atom. The van der Waals surface area contributed by atoms with Crippen LogP contribution in [-0.4, -0.2) is 48.8 Å². The van der Waals surface area contributed by atoms with E-state index in [1.807, 2.05) is 27.7 Å². The summed E-state index contributed by atoms with van der Waals surface area (Å²) in [6, 6.07) is 0. The molecule has 0 aliphatic carbocycles. The first-order valence-corrected chi connectivity index (χ1v) is 6.69. The molecule has 0 bridgehead atoms. The van der Waals surface area contributed by atoms with Gasteiger partial charge in [-0.3, -0.25) is 0 Å². The van der Waals surface area contributed by atoms with E-state index in [0.29, 0.717) is 0 Å². The Morgan fingerprint density at radius 2 is 1.55 bits per heavy atom. The van der Waals surface area contributed by atoms with Crippen molar-refractivity contribution in [1.82, 2.24) is 0 Å². The summed E-state index contributed by atoms with van der Waals surface area (Å²) in [5.41, 5.74) is 8.49. The highest BCUT2D eigenvalue weighted by molar-refractivity contribution is 5.00. The Morgan fingerprint density at radius 3 is 2.25 bits per heavy atom. The molecule has 3 saturated heterocycles. The molecule has 0 saturated carbocycles. The van der Waals surface area contributed by atoms with Gasteiger partial charge in [-0.25, -0.2) is 0 Å². The molecule has 0 aromatic heterocycles. The summed E-state index contributed by atoms with van der Waals surface area (Å²) < 4.78 is 29.2. The van der Waals surface area contributed by atoms with E-state index in [1.165, 1.54) is 0 Å². The van der Waals surface area contributed by atoms with Crippen molar-refractivity contribution >= 4 is 0 Å². The number of ether oxygens (including phenoxy) is 5. The zero-order valence-electron chi connectivity index (χ0n) is 12.0. The van der Waals surface area contributed by atoms with Crippen LogP contribution in [0.5, 0.6) is 0 Å². The first-order valence-electron chi connectivity index (χ1n) is 6.69. The zero-order chi connectivity index (χ0) is 14.5. The molecular formula is C12H19N3O5. The van der Waals surface area contributed by atoms with Gasteiger partial charge < -0.3 is 23.7 Å². The Hall–Kier alpha value is -0.890. The van der Waals surface area contributed by atoms with Crippen molar-refractivity contribution in [2.24, 2.45) is 5.11 Å². The van der Waals surface area contributed by atoms with Crippen LogP contribution in [0.3, 0.4) is 0 Å². The van der Waals surface area contributed by atoms with E-state index in [9.17, 15) is 0 Å². The summed E-state index contributed by atoms with van der Waals surface area (Å²) in [5.74, 6) is -1.46. The van der Waals surface area contributed by atoms with Crippen LogP contribution < -0.4 is 0 Å². The maximum Gasteiger partial charge on any atom is 0.190 e. The summed E-state index contributed by atoms with van der Waals surface area (Å²) in [4.78, 5) is 2.77. The molecule has 0 aromatic carbocycles. The van der Waals surface area contributed by atoms with E-state index in [1.54, 1.807) is 0 Å². The van der Waals surface area contributed by atoms with Gasteiger partial charge in [-0.15, -0.1) is 0 Å². The summed E-state index contributed by atoms with van der Waals surface area (Å²) in [6.45, 7) is 7.50. The number of hydrogen-bond acceptors (Lipinski definition) is 6. The first-order chi connectivity index (χ1) is 9.31. The molecule has 3 heterocycles. The van der Waals surface area contributed by atoms with Crippen molar-refractivity contribution in [3.05, 3.63) is 10.4 Å². The van der Waals surface area contributed by atoms with Gasteiger partial charge in [0.1, 0.15) is 18.3 Å². The van der Waals surface area contributed by atoms with Crippen LogP contribution in [-0.2, 0) is 23.7 Å². The van der Waals surface area contributed by atoms with Gasteiger partial charge in [0.15, 0.2) is 17.9 Å².